The number of halogens is 1. The molecule has 0 spiro atoms. The van der Waals surface area contributed by atoms with E-state index >= 15 is 0 Å². The predicted octanol–water partition coefficient (Wildman–Crippen LogP) is 2.41. The van der Waals surface area contributed by atoms with Crippen molar-refractivity contribution in [3.63, 3.8) is 0 Å². The first-order chi connectivity index (χ1) is 12.2. The normalized spacial score (nSPS) is 10.7. The van der Waals surface area contributed by atoms with E-state index in [9.17, 15) is 18.0 Å². The molecular weight excluding hydrogens is 380 g/mol. The smallest absolute Gasteiger partial charge is 0.338 e. The summed E-state index contributed by atoms with van der Waals surface area (Å²) in [5, 5.41) is 11.8. The fraction of sp³-hybridized carbons (Fsp3) is 0.118. The predicted molar refractivity (Wildman–Crippen MR) is 94.6 cm³/mol. The van der Waals surface area contributed by atoms with Crippen molar-refractivity contribution in [2.45, 2.75) is 4.90 Å². The van der Waals surface area contributed by atoms with Crippen molar-refractivity contribution < 1.29 is 22.7 Å². The molecule has 0 heterocycles. The molecule has 26 heavy (non-hydrogen) atoms. The molecule has 0 bridgehead atoms. The molecule has 0 atom stereocenters. The highest BCUT2D eigenvalue weighted by Gasteiger charge is 2.15. The number of amides is 1. The van der Waals surface area contributed by atoms with E-state index in [1.165, 1.54) is 42.5 Å². The van der Waals surface area contributed by atoms with Gasteiger partial charge in [0.2, 0.25) is 0 Å². The van der Waals surface area contributed by atoms with Gasteiger partial charge >= 0.3 is 5.97 Å². The molecule has 0 aliphatic carbocycles. The molecule has 2 rings (SSSR count). The zero-order chi connectivity index (χ0) is 19.3. The van der Waals surface area contributed by atoms with Gasteiger partial charge in [-0.15, -0.1) is 0 Å². The number of anilines is 1. The molecule has 9 heteroatoms. The molecule has 1 N–H and O–H groups in total. The quantitative estimate of drug-likeness (QED) is 0.781. The molecule has 7 nitrogen and oxygen atoms in total. The number of hydrogen-bond donors (Lipinski definition) is 1. The van der Waals surface area contributed by atoms with Gasteiger partial charge in [0.15, 0.2) is 16.4 Å². The Morgan fingerprint density at radius 2 is 1.96 bits per heavy atom. The Balaban J connectivity index is 2.03. The fourth-order valence-corrected chi connectivity index (χ4v) is 2.81. The summed E-state index contributed by atoms with van der Waals surface area (Å²) in [5.41, 5.74) is 0.399. The lowest BCUT2D eigenvalue weighted by Crippen LogP contribution is -2.21. The van der Waals surface area contributed by atoms with Gasteiger partial charge in [0.25, 0.3) is 5.91 Å². The number of esters is 1. The number of benzene rings is 2. The second-order valence-electron chi connectivity index (χ2n) is 5.23. The Kier molecular flexibility index (Phi) is 5.97. The van der Waals surface area contributed by atoms with Crippen molar-refractivity contribution in [1.82, 2.24) is 0 Å². The van der Waals surface area contributed by atoms with Gasteiger partial charge in [-0.3, -0.25) is 4.79 Å². The van der Waals surface area contributed by atoms with Crippen LogP contribution in [0.25, 0.3) is 0 Å². The molecule has 0 saturated heterocycles. The Labute approximate surface area is 155 Å². The first kappa shape index (κ1) is 19.4. The minimum Gasteiger partial charge on any atom is -0.452 e. The SMILES string of the molecule is CS(=O)(=O)c1cccc(C(=O)OCC(=O)Nc2cc(Cl)ccc2C#N)c1. The van der Waals surface area contributed by atoms with Crippen LogP contribution in [0.2, 0.25) is 5.02 Å². The second kappa shape index (κ2) is 7.99. The van der Waals surface area contributed by atoms with Crippen LogP contribution in [-0.4, -0.2) is 33.2 Å². The first-order valence-electron chi connectivity index (χ1n) is 7.17. The summed E-state index contributed by atoms with van der Waals surface area (Å²) in [5.74, 6) is -1.52. The molecule has 2 aromatic rings. The van der Waals surface area contributed by atoms with E-state index in [4.69, 9.17) is 21.6 Å². The number of ether oxygens (including phenoxy) is 1. The summed E-state index contributed by atoms with van der Waals surface area (Å²) in [4.78, 5) is 23.9. The van der Waals surface area contributed by atoms with E-state index in [1.807, 2.05) is 6.07 Å². The number of carbonyl (C=O) groups excluding carboxylic acids is 2. The van der Waals surface area contributed by atoms with Gasteiger partial charge in [0.05, 0.1) is 21.7 Å². The number of nitrogens with one attached hydrogen (secondary N) is 1. The highest BCUT2D eigenvalue weighted by Crippen LogP contribution is 2.20. The molecule has 1 amide bonds. The van der Waals surface area contributed by atoms with Crippen molar-refractivity contribution in [2.24, 2.45) is 0 Å². The van der Waals surface area contributed by atoms with E-state index in [-0.39, 0.29) is 21.7 Å². The fourth-order valence-electron chi connectivity index (χ4n) is 1.97. The second-order valence-corrected chi connectivity index (χ2v) is 7.68. The molecule has 134 valence electrons. The van der Waals surface area contributed by atoms with Crippen LogP contribution in [0.15, 0.2) is 47.4 Å². The van der Waals surface area contributed by atoms with Gasteiger partial charge in [0.1, 0.15) is 6.07 Å². The van der Waals surface area contributed by atoms with E-state index < -0.39 is 28.3 Å². The zero-order valence-electron chi connectivity index (χ0n) is 13.5. The van der Waals surface area contributed by atoms with Crippen LogP contribution in [-0.2, 0) is 19.4 Å². The summed E-state index contributed by atoms with van der Waals surface area (Å²) in [6.07, 6.45) is 1.02. The lowest BCUT2D eigenvalue weighted by atomic mass is 10.2. The monoisotopic (exact) mass is 392 g/mol. The molecule has 0 aliphatic rings. The highest BCUT2D eigenvalue weighted by molar-refractivity contribution is 7.90. The standard InChI is InChI=1S/C17H13ClN2O5S/c1-26(23,24)14-4-2-3-11(7-14)17(22)25-10-16(21)20-15-8-13(18)6-5-12(15)9-19/h2-8H,10H2,1H3,(H,20,21). The third-order valence-corrected chi connectivity index (χ3v) is 4.55. The number of sulfone groups is 1. The number of carbonyl (C=O) groups is 2. The number of rotatable bonds is 5. The molecule has 0 aliphatic heterocycles. The molecule has 0 aromatic heterocycles. The number of hydrogen-bond acceptors (Lipinski definition) is 6. The Morgan fingerprint density at radius 3 is 2.62 bits per heavy atom. The van der Waals surface area contributed by atoms with Gasteiger partial charge in [-0.1, -0.05) is 17.7 Å². The van der Waals surface area contributed by atoms with Crippen LogP contribution in [0, 0.1) is 11.3 Å². The van der Waals surface area contributed by atoms with Gasteiger partial charge in [-0.05, 0) is 36.4 Å². The third-order valence-electron chi connectivity index (χ3n) is 3.21. The van der Waals surface area contributed by atoms with Crippen LogP contribution < -0.4 is 5.32 Å². The van der Waals surface area contributed by atoms with Gasteiger partial charge in [-0.2, -0.15) is 5.26 Å². The molecular formula is C17H13ClN2O5S. The topological polar surface area (TPSA) is 113 Å². The third kappa shape index (κ3) is 5.05. The molecule has 0 fully saturated rings. The largest absolute Gasteiger partial charge is 0.452 e. The van der Waals surface area contributed by atoms with Crippen LogP contribution in [0.5, 0.6) is 0 Å². The van der Waals surface area contributed by atoms with Gasteiger partial charge in [-0.25, -0.2) is 13.2 Å². The first-order valence-corrected chi connectivity index (χ1v) is 9.44. The summed E-state index contributed by atoms with van der Waals surface area (Å²) < 4.78 is 27.9. The van der Waals surface area contributed by atoms with Crippen molar-refractivity contribution in [3.05, 3.63) is 58.6 Å². The molecule has 2 aromatic carbocycles. The van der Waals surface area contributed by atoms with E-state index in [0.29, 0.717) is 5.02 Å². The van der Waals surface area contributed by atoms with Crippen molar-refractivity contribution in [1.29, 1.82) is 5.26 Å². The van der Waals surface area contributed by atoms with E-state index in [0.717, 1.165) is 6.26 Å². The van der Waals surface area contributed by atoms with Crippen LogP contribution in [0.1, 0.15) is 15.9 Å². The maximum atomic E-state index is 12.0. The number of nitriles is 1. The maximum Gasteiger partial charge on any atom is 0.338 e. The molecule has 0 unspecified atom stereocenters. The lowest BCUT2D eigenvalue weighted by Gasteiger charge is -2.09. The van der Waals surface area contributed by atoms with Crippen molar-refractivity contribution in [2.75, 3.05) is 18.2 Å². The Bertz CT molecular complexity index is 1010. The summed E-state index contributed by atoms with van der Waals surface area (Å²) >= 11 is 5.82. The Hall–Kier alpha value is -2.89. The van der Waals surface area contributed by atoms with Crippen LogP contribution in [0.3, 0.4) is 0 Å². The minimum atomic E-state index is -3.47. The van der Waals surface area contributed by atoms with E-state index in [2.05, 4.69) is 5.32 Å². The zero-order valence-corrected chi connectivity index (χ0v) is 15.1. The van der Waals surface area contributed by atoms with Crippen molar-refractivity contribution in [3.8, 4) is 6.07 Å². The highest BCUT2D eigenvalue weighted by atomic mass is 35.5. The number of nitrogens with zero attached hydrogens (tertiary/aromatic N) is 1. The van der Waals surface area contributed by atoms with Gasteiger partial charge < -0.3 is 10.1 Å². The average molecular weight is 393 g/mol. The minimum absolute atomic E-state index is 0.00111. The van der Waals surface area contributed by atoms with Gasteiger partial charge in [0, 0.05) is 11.3 Å². The summed E-state index contributed by atoms with van der Waals surface area (Å²) in [6, 6.07) is 11.5. The van der Waals surface area contributed by atoms with Crippen LogP contribution >= 0.6 is 11.6 Å². The summed E-state index contributed by atoms with van der Waals surface area (Å²) in [6.45, 7) is -0.612. The molecule has 0 saturated carbocycles. The Morgan fingerprint density at radius 1 is 1.23 bits per heavy atom. The lowest BCUT2D eigenvalue weighted by molar-refractivity contribution is -0.119. The van der Waals surface area contributed by atoms with Crippen LogP contribution in [0.4, 0.5) is 5.69 Å². The maximum absolute atomic E-state index is 12.0. The summed E-state index contributed by atoms with van der Waals surface area (Å²) in [7, 11) is -3.47. The van der Waals surface area contributed by atoms with E-state index in [1.54, 1.807) is 0 Å². The average Bonchev–Trinajstić information content (AvgIpc) is 2.59. The van der Waals surface area contributed by atoms with Crippen molar-refractivity contribution >= 4 is 39.0 Å². The molecule has 0 radical (unpaired) electrons.